The topological polar surface area (TPSA) is 113 Å². The molecule has 2 aromatic carbocycles. The van der Waals surface area contributed by atoms with Gasteiger partial charge in [0, 0.05) is 11.3 Å². The quantitative estimate of drug-likeness (QED) is 0.355. The Morgan fingerprint density at radius 2 is 1.61 bits per heavy atom. The Morgan fingerprint density at radius 3 is 2.14 bits per heavy atom. The number of nitrogens with zero attached hydrogens (tertiary/aromatic N) is 1. The Kier molecular flexibility index (Phi) is 4.89. The van der Waals surface area contributed by atoms with Crippen LogP contribution in [0.25, 0.3) is 5.76 Å². The smallest absolute Gasteiger partial charge is 0.365 e. The lowest BCUT2D eigenvalue weighted by Crippen LogP contribution is -2.54. The van der Waals surface area contributed by atoms with E-state index in [1.54, 1.807) is 18.2 Å². The molecule has 2 aromatic rings. The summed E-state index contributed by atoms with van der Waals surface area (Å²) in [5.74, 6) is -3.90. The number of aliphatic hydroxyl groups excluding tert-OH is 1. The van der Waals surface area contributed by atoms with Gasteiger partial charge in [-0.2, -0.15) is 0 Å². The predicted octanol–water partition coefficient (Wildman–Crippen LogP) is 1.44. The molecule has 0 spiro atoms. The average Bonchev–Trinajstić information content (AvgIpc) is 2.93. The van der Waals surface area contributed by atoms with Crippen molar-refractivity contribution in [3.8, 4) is 5.75 Å². The molecule has 1 aliphatic rings. The molecule has 8 heteroatoms. The second-order valence-electron chi connectivity index (χ2n) is 5.92. The highest BCUT2D eigenvalue weighted by atomic mass is 16.5. The number of hydrogen-bond donors (Lipinski definition) is 2. The van der Waals surface area contributed by atoms with E-state index in [-0.39, 0.29) is 11.3 Å². The van der Waals surface area contributed by atoms with Gasteiger partial charge in [0.05, 0.1) is 14.2 Å². The fourth-order valence-electron chi connectivity index (χ4n) is 3.01. The van der Waals surface area contributed by atoms with Gasteiger partial charge < -0.3 is 19.7 Å². The third-order valence-electron chi connectivity index (χ3n) is 4.38. The van der Waals surface area contributed by atoms with E-state index in [0.717, 1.165) is 7.11 Å². The van der Waals surface area contributed by atoms with Crippen LogP contribution < -0.4 is 9.64 Å². The fourth-order valence-corrected chi connectivity index (χ4v) is 3.01. The van der Waals surface area contributed by atoms with Gasteiger partial charge in [0.25, 0.3) is 11.5 Å². The number of benzene rings is 2. The maximum absolute atomic E-state index is 12.7. The second kappa shape index (κ2) is 7.16. The lowest BCUT2D eigenvalue weighted by Gasteiger charge is -2.30. The molecule has 144 valence electrons. The van der Waals surface area contributed by atoms with Crippen molar-refractivity contribution in [1.29, 1.82) is 0 Å². The molecular weight excluding hydrogens is 366 g/mol. The number of amides is 1. The van der Waals surface area contributed by atoms with E-state index >= 15 is 0 Å². The standard InChI is InChI=1S/C20H17NO7/c1-27-14-10-8-12(9-11-14)16(22)15-17(23)18(24)21(13-6-4-3-5-7-13)20(15,26)19(25)28-2/h3-11,22,26H,1-2H3/t20-/m0/s1. The molecule has 0 aliphatic carbocycles. The molecule has 1 amide bonds. The van der Waals surface area contributed by atoms with Crippen molar-refractivity contribution < 1.29 is 34.1 Å². The van der Waals surface area contributed by atoms with Gasteiger partial charge in [0.1, 0.15) is 17.1 Å². The van der Waals surface area contributed by atoms with Gasteiger partial charge in [-0.25, -0.2) is 4.79 Å². The summed E-state index contributed by atoms with van der Waals surface area (Å²) < 4.78 is 9.67. The van der Waals surface area contributed by atoms with Crippen molar-refractivity contribution in [3.63, 3.8) is 0 Å². The average molecular weight is 383 g/mol. The molecule has 0 unspecified atom stereocenters. The van der Waals surface area contributed by atoms with Gasteiger partial charge in [0.15, 0.2) is 0 Å². The van der Waals surface area contributed by atoms with E-state index < -0.39 is 34.7 Å². The third-order valence-corrected chi connectivity index (χ3v) is 4.38. The van der Waals surface area contributed by atoms with Gasteiger partial charge in [-0.3, -0.25) is 14.5 Å². The number of para-hydroxylation sites is 1. The van der Waals surface area contributed by atoms with E-state index in [1.165, 1.54) is 43.5 Å². The second-order valence-corrected chi connectivity index (χ2v) is 5.92. The van der Waals surface area contributed by atoms with Gasteiger partial charge in [0.2, 0.25) is 0 Å². The van der Waals surface area contributed by atoms with E-state index in [9.17, 15) is 24.6 Å². The lowest BCUT2D eigenvalue weighted by molar-refractivity contribution is -0.158. The molecule has 8 nitrogen and oxygen atoms in total. The van der Waals surface area contributed by atoms with Gasteiger partial charge in [-0.1, -0.05) is 18.2 Å². The first-order chi connectivity index (χ1) is 13.4. The number of ether oxygens (including phenoxy) is 2. The molecule has 3 rings (SSSR count). The van der Waals surface area contributed by atoms with Crippen LogP contribution in [-0.2, 0) is 19.1 Å². The molecule has 0 aromatic heterocycles. The molecule has 1 aliphatic heterocycles. The van der Waals surface area contributed by atoms with Crippen molar-refractivity contribution in [2.75, 3.05) is 19.1 Å². The van der Waals surface area contributed by atoms with Crippen LogP contribution in [0.4, 0.5) is 5.69 Å². The fraction of sp³-hybridized carbons (Fsp3) is 0.150. The van der Waals surface area contributed by atoms with Crippen LogP contribution in [0.15, 0.2) is 60.2 Å². The number of ketones is 1. The normalized spacial score (nSPS) is 20.9. The maximum atomic E-state index is 12.7. The zero-order valence-corrected chi connectivity index (χ0v) is 15.1. The predicted molar refractivity (Wildman–Crippen MR) is 98.4 cm³/mol. The molecule has 1 heterocycles. The number of carbonyl (C=O) groups is 3. The number of methoxy groups -OCH3 is 2. The number of aliphatic hydroxyl groups is 2. The van der Waals surface area contributed by atoms with Crippen molar-refractivity contribution >= 4 is 29.1 Å². The van der Waals surface area contributed by atoms with Crippen LogP contribution in [-0.4, -0.2) is 47.8 Å². The Morgan fingerprint density at radius 1 is 1.00 bits per heavy atom. The lowest BCUT2D eigenvalue weighted by atomic mass is 9.97. The zero-order valence-electron chi connectivity index (χ0n) is 15.1. The summed E-state index contributed by atoms with van der Waals surface area (Å²) in [7, 11) is 2.46. The minimum absolute atomic E-state index is 0.0891. The highest BCUT2D eigenvalue weighted by Gasteiger charge is 2.62. The summed E-state index contributed by atoms with van der Waals surface area (Å²) in [6, 6.07) is 13.5. The van der Waals surface area contributed by atoms with Crippen molar-refractivity contribution in [2.45, 2.75) is 5.72 Å². The summed E-state index contributed by atoms with van der Waals surface area (Å²) in [6.45, 7) is 0. The summed E-state index contributed by atoms with van der Waals surface area (Å²) in [6.07, 6.45) is 0. The minimum atomic E-state index is -2.83. The minimum Gasteiger partial charge on any atom is -0.507 e. The zero-order chi connectivity index (χ0) is 20.5. The van der Waals surface area contributed by atoms with Crippen molar-refractivity contribution in [2.24, 2.45) is 0 Å². The first-order valence-corrected chi connectivity index (χ1v) is 8.19. The van der Waals surface area contributed by atoms with Crippen LogP contribution in [0, 0.1) is 0 Å². The molecule has 1 atom stereocenters. The van der Waals surface area contributed by atoms with Crippen LogP contribution in [0.1, 0.15) is 5.56 Å². The molecular formula is C20H17NO7. The number of anilines is 1. The monoisotopic (exact) mass is 383 g/mol. The van der Waals surface area contributed by atoms with Crippen molar-refractivity contribution in [3.05, 3.63) is 65.7 Å². The summed E-state index contributed by atoms with van der Waals surface area (Å²) in [5.41, 5.74) is -3.41. The van der Waals surface area contributed by atoms with E-state index in [0.29, 0.717) is 10.6 Å². The SMILES string of the molecule is COC(=O)[C@@]1(O)C(=C(O)c2ccc(OC)cc2)C(=O)C(=O)N1c1ccccc1. The van der Waals surface area contributed by atoms with E-state index in [1.807, 2.05) is 0 Å². The Bertz CT molecular complexity index is 966. The number of rotatable bonds is 4. The third kappa shape index (κ3) is 2.80. The largest absolute Gasteiger partial charge is 0.507 e. The molecule has 1 saturated heterocycles. The molecule has 1 fully saturated rings. The Hall–Kier alpha value is -3.65. The molecule has 0 bridgehead atoms. The van der Waals surface area contributed by atoms with Crippen LogP contribution >= 0.6 is 0 Å². The van der Waals surface area contributed by atoms with E-state index in [4.69, 9.17) is 4.74 Å². The number of hydrogen-bond acceptors (Lipinski definition) is 7. The van der Waals surface area contributed by atoms with Gasteiger partial charge in [-0.05, 0) is 36.4 Å². The Labute approximate surface area is 160 Å². The summed E-state index contributed by atoms with van der Waals surface area (Å²) >= 11 is 0. The highest BCUT2D eigenvalue weighted by Crippen LogP contribution is 2.39. The van der Waals surface area contributed by atoms with Crippen LogP contribution in [0.3, 0.4) is 0 Å². The molecule has 0 radical (unpaired) electrons. The van der Waals surface area contributed by atoms with E-state index in [2.05, 4.69) is 4.74 Å². The van der Waals surface area contributed by atoms with Gasteiger partial charge >= 0.3 is 11.9 Å². The molecule has 28 heavy (non-hydrogen) atoms. The van der Waals surface area contributed by atoms with Gasteiger partial charge in [-0.15, -0.1) is 0 Å². The van der Waals surface area contributed by atoms with Crippen LogP contribution in [0.5, 0.6) is 5.75 Å². The number of Topliss-reactive ketones (excluding diaryl/α,β-unsaturated/α-hetero) is 1. The Balaban J connectivity index is 2.24. The molecule has 2 N–H and O–H groups in total. The first-order valence-electron chi connectivity index (χ1n) is 8.19. The number of carbonyl (C=O) groups excluding carboxylic acids is 3. The first kappa shape index (κ1) is 19.1. The highest BCUT2D eigenvalue weighted by molar-refractivity contribution is 6.54. The maximum Gasteiger partial charge on any atom is 0.365 e. The molecule has 0 saturated carbocycles. The summed E-state index contributed by atoms with van der Waals surface area (Å²) in [5, 5.41) is 21.9. The summed E-state index contributed by atoms with van der Waals surface area (Å²) in [4.78, 5) is 38.4. The van der Waals surface area contributed by atoms with Crippen LogP contribution in [0.2, 0.25) is 0 Å². The van der Waals surface area contributed by atoms with Crippen molar-refractivity contribution in [1.82, 2.24) is 0 Å². The number of esters is 1.